The number of nitrogens with one attached hydrogen (secondary N) is 2. The fourth-order valence-electron chi connectivity index (χ4n) is 3.05. The van der Waals surface area contributed by atoms with Gasteiger partial charge in [-0.15, -0.1) is 0 Å². The van der Waals surface area contributed by atoms with Crippen LogP contribution in [-0.2, 0) is 9.59 Å². The lowest BCUT2D eigenvalue weighted by Gasteiger charge is -2.15. The summed E-state index contributed by atoms with van der Waals surface area (Å²) in [5, 5.41) is 15.0. The fraction of sp³-hybridized carbons (Fsp3) is 0.632. The number of guanidine groups is 1. The van der Waals surface area contributed by atoms with Crippen LogP contribution in [0.5, 0.6) is 0 Å². The predicted molar refractivity (Wildman–Crippen MR) is 103 cm³/mol. The van der Waals surface area contributed by atoms with Crippen LogP contribution in [0.4, 0.5) is 0 Å². The number of unbranched alkanes of at least 4 members (excludes halogenated alkanes) is 3. The van der Waals surface area contributed by atoms with E-state index >= 15 is 0 Å². The fourth-order valence-corrected chi connectivity index (χ4v) is 3.05. The molecule has 8 heteroatoms. The number of hydrogen-bond donors (Lipinski definition) is 3. The van der Waals surface area contributed by atoms with Crippen LogP contribution in [0, 0.1) is 6.92 Å². The van der Waals surface area contributed by atoms with Crippen LogP contribution in [0.3, 0.4) is 0 Å². The summed E-state index contributed by atoms with van der Waals surface area (Å²) in [6.07, 6.45) is 9.44. The van der Waals surface area contributed by atoms with Gasteiger partial charge in [0.1, 0.15) is 5.82 Å². The molecule has 0 fully saturated rings. The number of amides is 1. The molecular formula is C19H29N5O3. The summed E-state index contributed by atoms with van der Waals surface area (Å²) in [4.78, 5) is 35.6. The number of aromatic nitrogens is 2. The molecule has 8 nitrogen and oxygen atoms in total. The van der Waals surface area contributed by atoms with Gasteiger partial charge in [-0.2, -0.15) is 0 Å². The quantitative estimate of drug-likeness (QED) is 0.540. The average Bonchev–Trinajstić information content (AvgIpc) is 2.64. The number of hydrogen-bond acceptors (Lipinski definition) is 6. The van der Waals surface area contributed by atoms with Gasteiger partial charge < -0.3 is 10.4 Å². The smallest absolute Gasteiger partial charge is 0.303 e. The minimum absolute atomic E-state index is 0.0105. The van der Waals surface area contributed by atoms with Gasteiger partial charge in [-0.1, -0.05) is 19.3 Å². The molecule has 1 aliphatic rings. The van der Waals surface area contributed by atoms with Gasteiger partial charge in [0.25, 0.3) is 0 Å². The Balaban J connectivity index is 1.64. The van der Waals surface area contributed by atoms with Crippen molar-refractivity contribution in [1.82, 2.24) is 20.6 Å². The minimum Gasteiger partial charge on any atom is -0.481 e. The molecule has 0 aliphatic carbocycles. The van der Waals surface area contributed by atoms with E-state index in [2.05, 4.69) is 25.6 Å². The van der Waals surface area contributed by atoms with Crippen LogP contribution < -0.4 is 10.6 Å². The largest absolute Gasteiger partial charge is 0.481 e. The number of carboxylic acids is 1. The summed E-state index contributed by atoms with van der Waals surface area (Å²) in [5.41, 5.74) is 0.878. The van der Waals surface area contributed by atoms with E-state index in [0.29, 0.717) is 18.2 Å². The molecule has 0 spiro atoms. The highest BCUT2D eigenvalue weighted by Gasteiger charge is 2.16. The molecule has 0 bridgehead atoms. The Bertz CT molecular complexity index is 645. The van der Waals surface area contributed by atoms with E-state index in [1.807, 2.05) is 6.92 Å². The second kappa shape index (κ2) is 11.3. The van der Waals surface area contributed by atoms with Crippen LogP contribution >= 0.6 is 0 Å². The zero-order valence-electron chi connectivity index (χ0n) is 15.9. The summed E-state index contributed by atoms with van der Waals surface area (Å²) < 4.78 is 0. The molecule has 27 heavy (non-hydrogen) atoms. The Morgan fingerprint density at radius 2 is 1.96 bits per heavy atom. The van der Waals surface area contributed by atoms with E-state index in [-0.39, 0.29) is 18.2 Å². The summed E-state index contributed by atoms with van der Waals surface area (Å²) in [6, 6.07) is 0. The van der Waals surface area contributed by atoms with Gasteiger partial charge >= 0.3 is 5.97 Å². The summed E-state index contributed by atoms with van der Waals surface area (Å²) in [6.45, 7) is 3.41. The third kappa shape index (κ3) is 8.15. The standard InChI is InChI=1S/C19H29N5O3/c1-14-22-12-16(13-23-14)15(11-18(26)27)7-4-2-3-5-8-17(25)24-19-20-9-6-10-21-19/h12-13,15H,2-11H2,1H3,(H,26,27)(H2,20,21,24,25). The Morgan fingerprint density at radius 1 is 1.22 bits per heavy atom. The van der Waals surface area contributed by atoms with Gasteiger partial charge in [0, 0.05) is 31.9 Å². The first-order chi connectivity index (χ1) is 13.0. The van der Waals surface area contributed by atoms with Gasteiger partial charge in [0.15, 0.2) is 5.96 Å². The summed E-state index contributed by atoms with van der Waals surface area (Å²) in [7, 11) is 0. The highest BCUT2D eigenvalue weighted by molar-refractivity contribution is 5.97. The highest BCUT2D eigenvalue weighted by atomic mass is 16.4. The number of aliphatic imine (C=N–C) groups is 1. The van der Waals surface area contributed by atoms with Gasteiger partial charge in [0.05, 0.1) is 6.42 Å². The van der Waals surface area contributed by atoms with Crippen LogP contribution in [0.25, 0.3) is 0 Å². The molecule has 2 rings (SSSR count). The SMILES string of the molecule is Cc1ncc(C(CCCCCCC(=O)NC2=NCCCN2)CC(=O)O)cn1. The Kier molecular flexibility index (Phi) is 8.67. The molecule has 3 N–H and O–H groups in total. The molecule has 1 amide bonds. The minimum atomic E-state index is -0.809. The van der Waals surface area contributed by atoms with Crippen LogP contribution in [0.2, 0.25) is 0 Å². The molecule has 1 aromatic heterocycles. The zero-order valence-corrected chi connectivity index (χ0v) is 15.9. The monoisotopic (exact) mass is 375 g/mol. The molecule has 0 radical (unpaired) electrons. The number of carboxylic acid groups (broad SMARTS) is 1. The predicted octanol–water partition coefficient (Wildman–Crippen LogP) is 2.15. The van der Waals surface area contributed by atoms with E-state index < -0.39 is 5.97 Å². The number of aliphatic carboxylic acids is 1. The summed E-state index contributed by atoms with van der Waals surface area (Å²) >= 11 is 0. The van der Waals surface area contributed by atoms with Crippen molar-refractivity contribution in [1.29, 1.82) is 0 Å². The normalized spacial score (nSPS) is 14.8. The van der Waals surface area contributed by atoms with E-state index in [9.17, 15) is 9.59 Å². The number of rotatable bonds is 10. The lowest BCUT2D eigenvalue weighted by atomic mass is 9.92. The maximum absolute atomic E-state index is 11.9. The highest BCUT2D eigenvalue weighted by Crippen LogP contribution is 2.25. The van der Waals surface area contributed by atoms with Crippen molar-refractivity contribution in [2.75, 3.05) is 13.1 Å². The second-order valence-corrected chi connectivity index (χ2v) is 6.87. The first-order valence-corrected chi connectivity index (χ1v) is 9.63. The van der Waals surface area contributed by atoms with Gasteiger partial charge in [-0.3, -0.25) is 19.9 Å². The lowest BCUT2D eigenvalue weighted by Crippen LogP contribution is -2.43. The van der Waals surface area contributed by atoms with Crippen molar-refractivity contribution in [3.05, 3.63) is 23.8 Å². The number of carbonyl (C=O) groups excluding carboxylic acids is 1. The molecule has 148 valence electrons. The molecule has 0 aromatic carbocycles. The van der Waals surface area contributed by atoms with Crippen molar-refractivity contribution >= 4 is 17.8 Å². The Hall–Kier alpha value is -2.51. The van der Waals surface area contributed by atoms with Crippen LogP contribution in [0.15, 0.2) is 17.4 Å². The van der Waals surface area contributed by atoms with Crippen molar-refractivity contribution in [3.63, 3.8) is 0 Å². The Morgan fingerprint density at radius 3 is 2.63 bits per heavy atom. The van der Waals surface area contributed by atoms with Crippen molar-refractivity contribution < 1.29 is 14.7 Å². The third-order valence-electron chi connectivity index (χ3n) is 4.55. The molecule has 0 saturated heterocycles. The molecule has 1 aliphatic heterocycles. The number of nitrogens with zero attached hydrogens (tertiary/aromatic N) is 3. The van der Waals surface area contributed by atoms with E-state index in [4.69, 9.17) is 5.11 Å². The molecule has 2 heterocycles. The van der Waals surface area contributed by atoms with Gasteiger partial charge in [-0.25, -0.2) is 9.97 Å². The first-order valence-electron chi connectivity index (χ1n) is 9.63. The molecule has 0 saturated carbocycles. The van der Waals surface area contributed by atoms with Crippen molar-refractivity contribution in [2.45, 2.75) is 64.2 Å². The number of carbonyl (C=O) groups is 2. The molecular weight excluding hydrogens is 346 g/mol. The lowest BCUT2D eigenvalue weighted by molar-refractivity contribution is -0.137. The maximum atomic E-state index is 11.9. The molecule has 1 aromatic rings. The van der Waals surface area contributed by atoms with E-state index in [0.717, 1.165) is 57.2 Å². The molecule has 1 atom stereocenters. The second-order valence-electron chi connectivity index (χ2n) is 6.87. The first kappa shape index (κ1) is 20.8. The third-order valence-corrected chi connectivity index (χ3v) is 4.55. The average molecular weight is 375 g/mol. The van der Waals surface area contributed by atoms with E-state index in [1.165, 1.54) is 0 Å². The topological polar surface area (TPSA) is 117 Å². The van der Waals surface area contributed by atoms with Crippen LogP contribution in [-0.4, -0.2) is 46.0 Å². The summed E-state index contributed by atoms with van der Waals surface area (Å²) in [5.74, 6) is 0.380. The van der Waals surface area contributed by atoms with Gasteiger partial charge in [-0.05, 0) is 37.7 Å². The van der Waals surface area contributed by atoms with Crippen molar-refractivity contribution in [2.24, 2.45) is 4.99 Å². The number of aryl methyl sites for hydroxylation is 1. The maximum Gasteiger partial charge on any atom is 0.303 e. The zero-order chi connectivity index (χ0) is 19.5. The van der Waals surface area contributed by atoms with Gasteiger partial charge in [0.2, 0.25) is 5.91 Å². The van der Waals surface area contributed by atoms with Crippen molar-refractivity contribution in [3.8, 4) is 0 Å². The van der Waals surface area contributed by atoms with Crippen LogP contribution in [0.1, 0.15) is 68.7 Å². The molecule has 1 unspecified atom stereocenters. The van der Waals surface area contributed by atoms with E-state index in [1.54, 1.807) is 12.4 Å². The Labute approximate surface area is 159 Å².